The molecule has 4 amide bonds. The van der Waals surface area contributed by atoms with Crippen LogP contribution in [0.3, 0.4) is 0 Å². The minimum Gasteiger partial charge on any atom is -0.445 e. The highest BCUT2D eigenvalue weighted by Gasteiger charge is 2.37. The van der Waals surface area contributed by atoms with Gasteiger partial charge in [-0.1, -0.05) is 60.7 Å². The quantitative estimate of drug-likeness (QED) is 0.0552. The molecule has 0 unspecified atom stereocenters. The van der Waals surface area contributed by atoms with Crippen LogP contribution in [0.15, 0.2) is 99.1 Å². The number of guanidine groups is 1. The first kappa shape index (κ1) is 39.9. The van der Waals surface area contributed by atoms with E-state index >= 15 is 0 Å². The summed E-state index contributed by atoms with van der Waals surface area (Å²) < 4.78 is 10.8. The molecule has 0 bridgehead atoms. The maximum Gasteiger partial charge on any atom is 0.410 e. The minimum atomic E-state index is -1.09. The number of ether oxygens (including phenoxy) is 1. The molecule has 1 aliphatic heterocycles. The van der Waals surface area contributed by atoms with E-state index in [1.807, 2.05) is 60.7 Å². The van der Waals surface area contributed by atoms with Crippen molar-refractivity contribution >= 4 is 58.8 Å². The summed E-state index contributed by atoms with van der Waals surface area (Å²) in [5.74, 6) is -1.75. The summed E-state index contributed by atoms with van der Waals surface area (Å²) in [6.45, 7) is 2.39. The molecule has 0 aliphatic carbocycles. The Kier molecular flexibility index (Phi) is 14.4. The Hall–Kier alpha value is -5.89. The smallest absolute Gasteiger partial charge is 0.410 e. The summed E-state index contributed by atoms with van der Waals surface area (Å²) in [5.41, 5.74) is 13.4. The fraction of sp³-hybridized carbons (Fsp3) is 0.316. The molecule has 2 heterocycles. The molecule has 53 heavy (non-hydrogen) atoms. The van der Waals surface area contributed by atoms with Crippen molar-refractivity contribution in [3.05, 3.63) is 112 Å². The maximum atomic E-state index is 14.0. The van der Waals surface area contributed by atoms with Gasteiger partial charge in [-0.05, 0) is 61.4 Å². The van der Waals surface area contributed by atoms with Gasteiger partial charge in [0.1, 0.15) is 30.3 Å². The largest absolute Gasteiger partial charge is 0.445 e. The molecule has 1 fully saturated rings. The highest BCUT2D eigenvalue weighted by molar-refractivity contribution is 6.00. The Morgan fingerprint density at radius 2 is 1.62 bits per heavy atom. The zero-order valence-corrected chi connectivity index (χ0v) is 30.1. The average molecular weight is 746 g/mol. The van der Waals surface area contributed by atoms with E-state index in [4.69, 9.17) is 20.6 Å². The molecule has 7 N–H and O–H groups in total. The van der Waals surface area contributed by atoms with Crippen molar-refractivity contribution in [1.29, 1.82) is 0 Å². The van der Waals surface area contributed by atoms with Crippen LogP contribution in [0.1, 0.15) is 42.4 Å². The Balaban J connectivity index is 0.00000627. The summed E-state index contributed by atoms with van der Waals surface area (Å²) in [6, 6.07) is 21.7. The van der Waals surface area contributed by atoms with Crippen LogP contribution in [0.2, 0.25) is 0 Å². The minimum absolute atomic E-state index is 0. The normalized spacial score (nSPS) is 14.7. The summed E-state index contributed by atoms with van der Waals surface area (Å²) in [5, 5.41) is 9.17. The monoisotopic (exact) mass is 745 g/mol. The molecule has 15 heteroatoms. The standard InChI is InChI=1S/C38H43N7O7.ClH/c1-24-20-33(46)52-32-22-27(16-17-28(24)32)42-34(47)29(14-8-18-41-37(39)40)43-35(48)30(21-25-10-4-2-5-11-25)44-36(49)31-15-9-19-45(31)38(50)51-23-26-12-6-3-7-13-26;/h2-7,10-13,16-17,20,22,29-31H,8-9,14-15,18-19,21,23H2,1H3,(H,42,47)(H,43,48)(H,44,49)(H4,39,40,41);1H/t29-,30-,31-;/m0./s1. The van der Waals surface area contributed by atoms with Crippen LogP contribution in [0.5, 0.6) is 0 Å². The SMILES string of the molecule is Cc1cc(=O)oc2cc(NC(=O)[C@H](CCCN=C(N)N)NC(=O)[C@H](Cc3ccccc3)NC(=O)[C@@H]3CCCN3C(=O)OCc3ccccc3)ccc12.Cl. The van der Waals surface area contributed by atoms with Gasteiger partial charge < -0.3 is 36.6 Å². The highest BCUT2D eigenvalue weighted by Crippen LogP contribution is 2.22. The van der Waals surface area contributed by atoms with Crippen molar-refractivity contribution in [3.63, 3.8) is 0 Å². The Morgan fingerprint density at radius 3 is 2.32 bits per heavy atom. The fourth-order valence-corrected chi connectivity index (χ4v) is 6.06. The first-order valence-corrected chi connectivity index (χ1v) is 17.1. The zero-order valence-electron chi connectivity index (χ0n) is 29.3. The van der Waals surface area contributed by atoms with E-state index in [1.54, 1.807) is 19.1 Å². The number of aryl methyl sites for hydroxylation is 1. The van der Waals surface area contributed by atoms with Crippen molar-refractivity contribution in [2.75, 3.05) is 18.4 Å². The Morgan fingerprint density at radius 1 is 0.925 bits per heavy atom. The number of likely N-dealkylation sites (tertiary alicyclic amines) is 1. The number of hydrogen-bond donors (Lipinski definition) is 5. The summed E-state index contributed by atoms with van der Waals surface area (Å²) >= 11 is 0. The van der Waals surface area contributed by atoms with Crippen LogP contribution in [-0.4, -0.2) is 65.9 Å². The van der Waals surface area contributed by atoms with E-state index in [0.717, 1.165) is 16.7 Å². The van der Waals surface area contributed by atoms with Gasteiger partial charge in [-0.3, -0.25) is 24.3 Å². The lowest BCUT2D eigenvalue weighted by molar-refractivity contribution is -0.132. The van der Waals surface area contributed by atoms with Crippen LogP contribution in [-0.2, 0) is 32.1 Å². The van der Waals surface area contributed by atoms with E-state index in [-0.39, 0.29) is 44.4 Å². The first-order chi connectivity index (χ1) is 25.1. The number of aliphatic imine (C=N–C) groups is 1. The van der Waals surface area contributed by atoms with Gasteiger partial charge in [0.2, 0.25) is 17.7 Å². The van der Waals surface area contributed by atoms with Gasteiger partial charge in [-0.25, -0.2) is 9.59 Å². The third-order valence-electron chi connectivity index (χ3n) is 8.71. The molecule has 1 aromatic heterocycles. The van der Waals surface area contributed by atoms with Gasteiger partial charge in [0.05, 0.1) is 0 Å². The van der Waals surface area contributed by atoms with Gasteiger partial charge in [-0.2, -0.15) is 0 Å². The van der Waals surface area contributed by atoms with Crippen molar-refractivity contribution in [2.24, 2.45) is 16.5 Å². The molecule has 1 saturated heterocycles. The van der Waals surface area contributed by atoms with Crippen molar-refractivity contribution in [2.45, 2.75) is 63.8 Å². The third-order valence-corrected chi connectivity index (χ3v) is 8.71. The molecule has 3 atom stereocenters. The highest BCUT2D eigenvalue weighted by atomic mass is 35.5. The Bertz CT molecular complexity index is 1970. The predicted octanol–water partition coefficient (Wildman–Crippen LogP) is 3.53. The van der Waals surface area contributed by atoms with Crippen LogP contribution in [0.25, 0.3) is 11.0 Å². The van der Waals surface area contributed by atoms with Crippen molar-refractivity contribution in [1.82, 2.24) is 15.5 Å². The number of amides is 4. The van der Waals surface area contributed by atoms with E-state index in [9.17, 15) is 24.0 Å². The van der Waals surface area contributed by atoms with E-state index in [0.29, 0.717) is 42.5 Å². The number of rotatable bonds is 14. The van der Waals surface area contributed by atoms with Gasteiger partial charge in [0.25, 0.3) is 0 Å². The van der Waals surface area contributed by atoms with Crippen LogP contribution < -0.4 is 33.0 Å². The molecular weight excluding hydrogens is 702 g/mol. The van der Waals surface area contributed by atoms with Gasteiger partial charge in [-0.15, -0.1) is 12.4 Å². The van der Waals surface area contributed by atoms with Crippen LogP contribution >= 0.6 is 12.4 Å². The molecule has 0 radical (unpaired) electrons. The molecule has 4 aromatic rings. The second kappa shape index (κ2) is 19.1. The maximum absolute atomic E-state index is 14.0. The number of halogens is 1. The van der Waals surface area contributed by atoms with E-state index in [2.05, 4.69) is 20.9 Å². The predicted molar refractivity (Wildman–Crippen MR) is 203 cm³/mol. The fourth-order valence-electron chi connectivity index (χ4n) is 6.06. The number of fused-ring (bicyclic) bond motifs is 1. The molecule has 1 aliphatic rings. The van der Waals surface area contributed by atoms with Crippen molar-refractivity contribution in [3.8, 4) is 0 Å². The molecule has 5 rings (SSSR count). The van der Waals surface area contributed by atoms with E-state index in [1.165, 1.54) is 17.0 Å². The lowest BCUT2D eigenvalue weighted by atomic mass is 10.0. The van der Waals surface area contributed by atoms with Gasteiger partial charge in [0.15, 0.2) is 5.96 Å². The number of carbonyl (C=O) groups is 4. The second-order valence-corrected chi connectivity index (χ2v) is 12.6. The first-order valence-electron chi connectivity index (χ1n) is 17.1. The Labute approximate surface area is 312 Å². The number of hydrogen-bond acceptors (Lipinski definition) is 8. The summed E-state index contributed by atoms with van der Waals surface area (Å²) in [7, 11) is 0. The van der Waals surface area contributed by atoms with Crippen molar-refractivity contribution < 1.29 is 28.3 Å². The molecule has 3 aromatic carbocycles. The third kappa shape index (κ3) is 11.3. The number of nitrogens with zero attached hydrogens (tertiary/aromatic N) is 2. The zero-order chi connectivity index (χ0) is 37.0. The lowest BCUT2D eigenvalue weighted by Gasteiger charge is -2.27. The van der Waals surface area contributed by atoms with Gasteiger partial charge in [0, 0.05) is 42.7 Å². The lowest BCUT2D eigenvalue weighted by Crippen LogP contribution is -2.56. The molecular formula is C38H44ClN7O7. The number of anilines is 1. The number of carbonyl (C=O) groups excluding carboxylic acids is 4. The molecule has 0 spiro atoms. The number of nitrogens with two attached hydrogens (primary N) is 2. The van der Waals surface area contributed by atoms with E-state index < -0.39 is 47.6 Å². The van der Waals surface area contributed by atoms with Crippen LogP contribution in [0.4, 0.5) is 10.5 Å². The molecule has 280 valence electrons. The van der Waals surface area contributed by atoms with Gasteiger partial charge >= 0.3 is 11.7 Å². The van der Waals surface area contributed by atoms with Crippen LogP contribution in [0, 0.1) is 6.92 Å². The summed E-state index contributed by atoms with van der Waals surface area (Å²) in [6.07, 6.45) is 0.990. The number of benzene rings is 3. The molecule has 14 nitrogen and oxygen atoms in total. The second-order valence-electron chi connectivity index (χ2n) is 12.6. The average Bonchev–Trinajstić information content (AvgIpc) is 3.63. The number of nitrogens with one attached hydrogen (secondary N) is 3. The summed E-state index contributed by atoms with van der Waals surface area (Å²) in [4.78, 5) is 71.8. The molecule has 0 saturated carbocycles. The topological polar surface area (TPSA) is 211 Å².